The van der Waals surface area contributed by atoms with E-state index in [0.717, 1.165) is 5.56 Å². The molecule has 0 saturated heterocycles. The Morgan fingerprint density at radius 3 is 2.45 bits per heavy atom. The molecule has 1 aromatic heterocycles. The average molecular weight is 402 g/mol. The molecule has 29 heavy (non-hydrogen) atoms. The van der Waals surface area contributed by atoms with E-state index in [1.165, 1.54) is 9.47 Å². The summed E-state index contributed by atoms with van der Waals surface area (Å²) >= 11 is 0. The summed E-state index contributed by atoms with van der Waals surface area (Å²) in [5.74, 6) is -0.659. The maximum Gasteiger partial charge on any atom is 0.330 e. The van der Waals surface area contributed by atoms with Gasteiger partial charge >= 0.3 is 11.7 Å². The molecule has 0 unspecified atom stereocenters. The quantitative estimate of drug-likeness (QED) is 0.522. The molecule has 0 saturated carbocycles. The van der Waals surface area contributed by atoms with Crippen molar-refractivity contribution >= 4 is 23.4 Å². The fraction of sp³-hybridized carbons (Fsp3) is 0.368. The minimum absolute atomic E-state index is 0.00227. The van der Waals surface area contributed by atoms with E-state index >= 15 is 0 Å². The van der Waals surface area contributed by atoms with Gasteiger partial charge in [0.05, 0.1) is 13.1 Å². The number of hydrogen-bond donors (Lipinski definition) is 4. The summed E-state index contributed by atoms with van der Waals surface area (Å²) in [5.41, 5.74) is 5.63. The molecule has 0 aliphatic heterocycles. The van der Waals surface area contributed by atoms with Gasteiger partial charge in [0.1, 0.15) is 11.5 Å². The van der Waals surface area contributed by atoms with E-state index in [2.05, 4.69) is 15.6 Å². The number of imide groups is 1. The second-order valence-electron chi connectivity index (χ2n) is 6.76. The first-order valence-corrected chi connectivity index (χ1v) is 9.24. The van der Waals surface area contributed by atoms with Crippen LogP contribution in [0.15, 0.2) is 39.9 Å². The molecule has 2 rings (SSSR count). The van der Waals surface area contributed by atoms with Crippen LogP contribution in [0.4, 0.5) is 16.3 Å². The number of amides is 3. The smallest absolute Gasteiger partial charge is 0.330 e. The van der Waals surface area contributed by atoms with Gasteiger partial charge in [-0.2, -0.15) is 0 Å². The van der Waals surface area contributed by atoms with Crippen LogP contribution in [-0.4, -0.2) is 40.6 Å². The highest BCUT2D eigenvalue weighted by Crippen LogP contribution is 2.17. The number of carbonyl (C=O) groups excluding carboxylic acids is 2. The summed E-state index contributed by atoms with van der Waals surface area (Å²) in [6, 6.07) is 8.40. The third kappa shape index (κ3) is 5.71. The van der Waals surface area contributed by atoms with Crippen LogP contribution in [0.2, 0.25) is 0 Å². The van der Waals surface area contributed by atoms with Gasteiger partial charge in [-0.25, -0.2) is 9.59 Å². The van der Waals surface area contributed by atoms with Gasteiger partial charge in [-0.1, -0.05) is 30.3 Å². The van der Waals surface area contributed by atoms with Gasteiger partial charge in [0.2, 0.25) is 5.91 Å². The van der Waals surface area contributed by atoms with Crippen molar-refractivity contribution in [1.29, 1.82) is 0 Å². The number of hydrogen-bond acceptors (Lipinski definition) is 6. The van der Waals surface area contributed by atoms with E-state index in [9.17, 15) is 19.2 Å². The SMILES string of the molecule is CCN(CC(=O)NC(=O)NC(C)C)c1c(N)n(Cc2ccccc2)c(=O)[nH]c1=O. The predicted molar refractivity (Wildman–Crippen MR) is 111 cm³/mol. The van der Waals surface area contributed by atoms with Crippen molar-refractivity contribution in [1.82, 2.24) is 20.2 Å². The molecule has 0 spiro atoms. The van der Waals surface area contributed by atoms with E-state index < -0.39 is 23.2 Å². The zero-order valence-electron chi connectivity index (χ0n) is 16.7. The highest BCUT2D eigenvalue weighted by Gasteiger charge is 2.21. The highest BCUT2D eigenvalue weighted by molar-refractivity contribution is 5.96. The first-order chi connectivity index (χ1) is 13.7. The highest BCUT2D eigenvalue weighted by atomic mass is 16.2. The second-order valence-corrected chi connectivity index (χ2v) is 6.76. The molecular formula is C19H26N6O4. The van der Waals surface area contributed by atoms with Crippen LogP contribution in [0.3, 0.4) is 0 Å². The van der Waals surface area contributed by atoms with Crippen LogP contribution in [0.25, 0.3) is 0 Å². The number of nitrogens with two attached hydrogens (primary N) is 1. The molecule has 156 valence electrons. The van der Waals surface area contributed by atoms with Gasteiger partial charge < -0.3 is 16.0 Å². The van der Waals surface area contributed by atoms with E-state index in [0.29, 0.717) is 0 Å². The third-order valence-electron chi connectivity index (χ3n) is 4.10. The molecule has 3 amide bonds. The number of likely N-dealkylation sites (N-methyl/N-ethyl adjacent to an activating group) is 1. The zero-order valence-corrected chi connectivity index (χ0v) is 16.7. The number of urea groups is 1. The summed E-state index contributed by atoms with van der Waals surface area (Å²) in [4.78, 5) is 52.3. The lowest BCUT2D eigenvalue weighted by molar-refractivity contribution is -0.118. The molecule has 10 nitrogen and oxygen atoms in total. The zero-order chi connectivity index (χ0) is 21.6. The van der Waals surface area contributed by atoms with Crippen molar-refractivity contribution in [2.75, 3.05) is 23.7 Å². The Hall–Kier alpha value is -3.56. The van der Waals surface area contributed by atoms with Crippen molar-refractivity contribution in [2.24, 2.45) is 0 Å². The Labute approximate surface area is 167 Å². The maximum absolute atomic E-state index is 12.4. The Morgan fingerprint density at radius 2 is 1.86 bits per heavy atom. The lowest BCUT2D eigenvalue weighted by atomic mass is 10.2. The number of nitrogens with one attached hydrogen (secondary N) is 3. The molecule has 1 aromatic carbocycles. The van der Waals surface area contributed by atoms with Gasteiger partial charge in [-0.3, -0.25) is 24.5 Å². The number of benzene rings is 1. The van der Waals surface area contributed by atoms with Crippen LogP contribution in [0.1, 0.15) is 26.3 Å². The monoisotopic (exact) mass is 402 g/mol. The lowest BCUT2D eigenvalue weighted by Crippen LogP contribution is -2.47. The lowest BCUT2D eigenvalue weighted by Gasteiger charge is -2.24. The van der Waals surface area contributed by atoms with E-state index in [1.54, 1.807) is 20.8 Å². The molecule has 1 heterocycles. The fourth-order valence-corrected chi connectivity index (χ4v) is 2.79. The molecule has 5 N–H and O–H groups in total. The maximum atomic E-state index is 12.4. The van der Waals surface area contributed by atoms with Crippen LogP contribution in [0.5, 0.6) is 0 Å². The van der Waals surface area contributed by atoms with E-state index in [1.807, 2.05) is 30.3 Å². The number of nitrogens with zero attached hydrogens (tertiary/aromatic N) is 2. The minimum Gasteiger partial charge on any atom is -0.383 e. The molecule has 0 aliphatic carbocycles. The van der Waals surface area contributed by atoms with Gasteiger partial charge in [0, 0.05) is 12.6 Å². The Balaban J connectivity index is 2.30. The molecule has 0 bridgehead atoms. The van der Waals surface area contributed by atoms with Gasteiger partial charge in [0.25, 0.3) is 5.56 Å². The number of aromatic nitrogens is 2. The average Bonchev–Trinajstić information content (AvgIpc) is 2.64. The standard InChI is InChI=1S/C19H26N6O4/c1-4-24(11-14(26)22-18(28)21-12(2)3)15-16(20)25(19(29)23-17(15)27)10-13-8-6-5-7-9-13/h5-9,12H,4,10-11,20H2,1-3H3,(H,23,27,29)(H2,21,22,26,28). The van der Waals surface area contributed by atoms with Crippen molar-refractivity contribution in [3.8, 4) is 0 Å². The summed E-state index contributed by atoms with van der Waals surface area (Å²) < 4.78 is 1.23. The largest absolute Gasteiger partial charge is 0.383 e. The van der Waals surface area contributed by atoms with E-state index in [-0.39, 0.29) is 37.2 Å². The number of rotatable bonds is 7. The van der Waals surface area contributed by atoms with Gasteiger partial charge in [-0.15, -0.1) is 0 Å². The molecule has 0 aliphatic rings. The molecule has 10 heteroatoms. The van der Waals surface area contributed by atoms with Crippen LogP contribution < -0.4 is 32.5 Å². The summed E-state index contributed by atoms with van der Waals surface area (Å²) in [6.45, 7) is 5.40. The number of aromatic amines is 1. The molecule has 0 atom stereocenters. The molecule has 0 radical (unpaired) electrons. The second kappa shape index (κ2) is 9.58. The minimum atomic E-state index is -0.696. The van der Waals surface area contributed by atoms with Crippen LogP contribution >= 0.6 is 0 Å². The van der Waals surface area contributed by atoms with Crippen LogP contribution in [0, 0.1) is 0 Å². The van der Waals surface area contributed by atoms with Gasteiger partial charge in [0.15, 0.2) is 0 Å². The number of carbonyl (C=O) groups is 2. The number of H-pyrrole nitrogens is 1. The Bertz CT molecular complexity index is 980. The van der Waals surface area contributed by atoms with Crippen molar-refractivity contribution in [3.05, 3.63) is 56.7 Å². The summed E-state index contributed by atoms with van der Waals surface area (Å²) in [5, 5.41) is 4.74. The third-order valence-corrected chi connectivity index (χ3v) is 4.10. The normalized spacial score (nSPS) is 10.6. The molecule has 2 aromatic rings. The predicted octanol–water partition coefficient (Wildman–Crippen LogP) is 0.228. The Kier molecular flexibility index (Phi) is 7.18. The van der Waals surface area contributed by atoms with Crippen molar-refractivity contribution in [3.63, 3.8) is 0 Å². The number of anilines is 2. The topological polar surface area (TPSA) is 142 Å². The molecular weight excluding hydrogens is 376 g/mol. The number of nitrogen functional groups attached to an aromatic ring is 1. The van der Waals surface area contributed by atoms with E-state index in [4.69, 9.17) is 5.73 Å². The molecule has 0 fully saturated rings. The summed E-state index contributed by atoms with van der Waals surface area (Å²) in [7, 11) is 0. The van der Waals surface area contributed by atoms with Crippen molar-refractivity contribution in [2.45, 2.75) is 33.4 Å². The van der Waals surface area contributed by atoms with Gasteiger partial charge in [-0.05, 0) is 26.3 Å². The van der Waals surface area contributed by atoms with Crippen molar-refractivity contribution < 1.29 is 9.59 Å². The first kappa shape index (κ1) is 21.7. The summed E-state index contributed by atoms with van der Waals surface area (Å²) in [6.07, 6.45) is 0. The Morgan fingerprint density at radius 1 is 1.21 bits per heavy atom. The fourth-order valence-electron chi connectivity index (χ4n) is 2.79. The van der Waals surface area contributed by atoms with Crippen LogP contribution in [-0.2, 0) is 11.3 Å². The first-order valence-electron chi connectivity index (χ1n) is 9.24.